The van der Waals surface area contributed by atoms with Gasteiger partial charge in [0.1, 0.15) is 5.75 Å². The Labute approximate surface area is 162 Å². The third-order valence-electron chi connectivity index (χ3n) is 3.34. The summed E-state index contributed by atoms with van der Waals surface area (Å²) in [6.45, 7) is 4.88. The van der Waals surface area contributed by atoms with Crippen LogP contribution in [0.1, 0.15) is 30.1 Å². The highest BCUT2D eigenvalue weighted by Crippen LogP contribution is 2.29. The van der Waals surface area contributed by atoms with Crippen LogP contribution in [0.15, 0.2) is 36.4 Å². The Bertz CT molecular complexity index is 691. The summed E-state index contributed by atoms with van der Waals surface area (Å²) in [6, 6.07) is 11.3. The highest BCUT2D eigenvalue weighted by atomic mass is 35.5. The first-order valence-electron chi connectivity index (χ1n) is 7.87. The standard InChI is InChI=1S/C13H11ClO2.C4H9N.CCl2O/c1-2-16-11-8-7-9-5-3-4-6-10(9)12(11)13(14)15;1-2-4-5-3-1;2-1(3)4/h3-8H,2H2,1H3;5H,1-4H2;. The van der Waals surface area contributed by atoms with Crippen molar-refractivity contribution < 1.29 is 14.3 Å². The summed E-state index contributed by atoms with van der Waals surface area (Å²) in [7, 11) is 0. The molecule has 2 aromatic carbocycles. The van der Waals surface area contributed by atoms with Gasteiger partial charge in [0, 0.05) is 0 Å². The van der Waals surface area contributed by atoms with Gasteiger partial charge in [0.2, 0.25) is 0 Å². The molecule has 0 atom stereocenters. The first-order chi connectivity index (χ1) is 12.0. The molecule has 25 heavy (non-hydrogen) atoms. The average Bonchev–Trinajstić information content (AvgIpc) is 3.14. The molecule has 0 aliphatic carbocycles. The van der Waals surface area contributed by atoms with Crippen LogP contribution in [0.25, 0.3) is 10.8 Å². The molecule has 1 aliphatic heterocycles. The smallest absolute Gasteiger partial charge is 0.313 e. The third kappa shape index (κ3) is 8.06. The van der Waals surface area contributed by atoms with E-state index >= 15 is 0 Å². The van der Waals surface area contributed by atoms with Crippen molar-refractivity contribution >= 4 is 55.5 Å². The second kappa shape index (κ2) is 12.1. The molecular formula is C18H20Cl3NO3. The van der Waals surface area contributed by atoms with Crippen LogP contribution in [0.4, 0.5) is 4.79 Å². The monoisotopic (exact) mass is 403 g/mol. The highest BCUT2D eigenvalue weighted by Gasteiger charge is 2.14. The van der Waals surface area contributed by atoms with Crippen LogP contribution in [0.5, 0.6) is 5.75 Å². The number of rotatable bonds is 3. The van der Waals surface area contributed by atoms with Gasteiger partial charge in [0.05, 0.1) is 12.2 Å². The minimum atomic E-state index is -0.889. The van der Waals surface area contributed by atoms with Crippen molar-refractivity contribution in [1.29, 1.82) is 0 Å². The predicted octanol–water partition coefficient (Wildman–Crippen LogP) is 5.57. The van der Waals surface area contributed by atoms with Gasteiger partial charge >= 0.3 is 4.70 Å². The molecule has 136 valence electrons. The molecule has 1 saturated heterocycles. The number of carbonyl (C=O) groups excluding carboxylic acids is 2. The Hall–Kier alpha value is -1.33. The van der Waals surface area contributed by atoms with Gasteiger partial charge in [-0.15, -0.1) is 0 Å². The molecule has 0 aromatic heterocycles. The van der Waals surface area contributed by atoms with Crippen molar-refractivity contribution in [2.75, 3.05) is 19.7 Å². The third-order valence-corrected chi connectivity index (χ3v) is 3.53. The number of ether oxygens (including phenoxy) is 1. The maximum absolute atomic E-state index is 11.4. The fourth-order valence-electron chi connectivity index (χ4n) is 2.36. The normalized spacial score (nSPS) is 12.5. The molecule has 0 amide bonds. The maximum Gasteiger partial charge on any atom is 0.313 e. The number of halogens is 3. The van der Waals surface area contributed by atoms with Gasteiger partial charge < -0.3 is 10.1 Å². The number of benzene rings is 2. The van der Waals surface area contributed by atoms with Crippen LogP contribution in [0.2, 0.25) is 0 Å². The quantitative estimate of drug-likeness (QED) is 0.679. The first kappa shape index (κ1) is 21.7. The molecule has 0 spiro atoms. The predicted molar refractivity (Wildman–Crippen MR) is 105 cm³/mol. The van der Waals surface area contributed by atoms with E-state index in [0.717, 1.165) is 10.8 Å². The zero-order chi connectivity index (χ0) is 18.7. The van der Waals surface area contributed by atoms with Crippen molar-refractivity contribution in [2.45, 2.75) is 19.8 Å². The Morgan fingerprint density at radius 2 is 1.64 bits per heavy atom. The van der Waals surface area contributed by atoms with Crippen LogP contribution in [-0.4, -0.2) is 29.6 Å². The fourth-order valence-corrected chi connectivity index (χ4v) is 2.55. The fraction of sp³-hybridized carbons (Fsp3) is 0.333. The number of fused-ring (bicyclic) bond motifs is 1. The van der Waals surface area contributed by atoms with Gasteiger partial charge in [0.15, 0.2) is 0 Å². The molecule has 7 heteroatoms. The molecule has 1 heterocycles. The van der Waals surface area contributed by atoms with Gasteiger partial charge in [-0.25, -0.2) is 0 Å². The van der Waals surface area contributed by atoms with E-state index in [-0.39, 0.29) is 0 Å². The van der Waals surface area contributed by atoms with E-state index < -0.39 is 9.94 Å². The Morgan fingerprint density at radius 1 is 1.04 bits per heavy atom. The van der Waals surface area contributed by atoms with Crippen LogP contribution in [0, 0.1) is 0 Å². The van der Waals surface area contributed by atoms with E-state index in [0.29, 0.717) is 17.9 Å². The molecular weight excluding hydrogens is 385 g/mol. The molecule has 0 radical (unpaired) electrons. The second-order valence-corrected chi connectivity index (χ2v) is 6.27. The van der Waals surface area contributed by atoms with Crippen LogP contribution in [0.3, 0.4) is 0 Å². The van der Waals surface area contributed by atoms with E-state index in [1.165, 1.54) is 25.9 Å². The van der Waals surface area contributed by atoms with Crippen molar-refractivity contribution in [3.05, 3.63) is 42.0 Å². The van der Waals surface area contributed by atoms with E-state index in [1.807, 2.05) is 37.3 Å². The largest absolute Gasteiger partial charge is 0.493 e. The average molecular weight is 405 g/mol. The zero-order valence-corrected chi connectivity index (χ0v) is 16.1. The molecule has 0 saturated carbocycles. The lowest BCUT2D eigenvalue weighted by atomic mass is 10.0. The van der Waals surface area contributed by atoms with Crippen molar-refractivity contribution in [2.24, 2.45) is 0 Å². The second-order valence-electron chi connectivity index (χ2n) is 5.05. The van der Waals surface area contributed by atoms with E-state index in [9.17, 15) is 4.79 Å². The summed E-state index contributed by atoms with van der Waals surface area (Å²) >= 11 is 14.4. The lowest BCUT2D eigenvalue weighted by Crippen LogP contribution is -2.03. The number of carbonyl (C=O) groups is 2. The van der Waals surface area contributed by atoms with Gasteiger partial charge in [-0.3, -0.25) is 9.59 Å². The number of hydrogen-bond acceptors (Lipinski definition) is 4. The van der Waals surface area contributed by atoms with E-state index in [1.54, 1.807) is 6.07 Å². The molecule has 2 aromatic rings. The number of hydrogen-bond donors (Lipinski definition) is 1. The van der Waals surface area contributed by atoms with Crippen LogP contribution >= 0.6 is 34.8 Å². The lowest BCUT2D eigenvalue weighted by Gasteiger charge is -2.09. The van der Waals surface area contributed by atoms with Crippen LogP contribution in [-0.2, 0) is 0 Å². The molecule has 1 N–H and O–H groups in total. The molecule has 0 unspecified atom stereocenters. The summed E-state index contributed by atoms with van der Waals surface area (Å²) in [4.78, 5) is 20.4. The zero-order valence-electron chi connectivity index (χ0n) is 13.9. The van der Waals surface area contributed by atoms with E-state index in [4.69, 9.17) is 21.1 Å². The maximum atomic E-state index is 11.4. The van der Waals surface area contributed by atoms with Gasteiger partial charge in [-0.1, -0.05) is 30.3 Å². The molecule has 1 fully saturated rings. The van der Waals surface area contributed by atoms with Crippen molar-refractivity contribution in [1.82, 2.24) is 5.32 Å². The van der Waals surface area contributed by atoms with Crippen molar-refractivity contribution in [3.8, 4) is 5.75 Å². The molecule has 0 bridgehead atoms. The summed E-state index contributed by atoms with van der Waals surface area (Å²) in [5.74, 6) is 0.543. The first-order valence-corrected chi connectivity index (χ1v) is 9.00. The summed E-state index contributed by atoms with van der Waals surface area (Å²) in [5.41, 5.74) is 0.446. The highest BCUT2D eigenvalue weighted by molar-refractivity contribution is 6.93. The number of nitrogens with one attached hydrogen (secondary N) is 1. The Kier molecular flexibility index (Phi) is 10.5. The molecule has 3 rings (SSSR count). The minimum Gasteiger partial charge on any atom is -0.493 e. The van der Waals surface area contributed by atoms with Gasteiger partial charge in [0.25, 0.3) is 5.24 Å². The Balaban J connectivity index is 0.000000285. The SMILES string of the molecule is C1CCNC1.CCOc1ccc2ccccc2c1C(=O)Cl.O=C(Cl)Cl. The molecule has 4 nitrogen and oxygen atoms in total. The summed E-state index contributed by atoms with van der Waals surface area (Å²) in [6.07, 6.45) is 2.78. The van der Waals surface area contributed by atoms with E-state index in [2.05, 4.69) is 28.5 Å². The summed E-state index contributed by atoms with van der Waals surface area (Å²) < 4.78 is 4.51. The van der Waals surface area contributed by atoms with Crippen LogP contribution < -0.4 is 10.1 Å². The molecule has 1 aliphatic rings. The summed E-state index contributed by atoms with van der Waals surface area (Å²) in [5, 5.41) is 4.55. The van der Waals surface area contributed by atoms with Gasteiger partial charge in [-0.2, -0.15) is 0 Å². The van der Waals surface area contributed by atoms with Crippen molar-refractivity contribution in [3.63, 3.8) is 0 Å². The van der Waals surface area contributed by atoms with Gasteiger partial charge in [-0.05, 0) is 84.5 Å². The Morgan fingerprint density at radius 3 is 2.12 bits per heavy atom. The lowest BCUT2D eigenvalue weighted by molar-refractivity contribution is 0.107. The minimum absolute atomic E-state index is 0.446. The topological polar surface area (TPSA) is 55.4 Å².